The number of hydrogen-bond donors (Lipinski definition) is 2. The fourth-order valence-corrected chi connectivity index (χ4v) is 1.42. The fourth-order valence-electron chi connectivity index (χ4n) is 1.42. The molecule has 15 heavy (non-hydrogen) atoms. The lowest BCUT2D eigenvalue weighted by atomic mass is 10.1. The molecule has 0 amide bonds. The topological polar surface area (TPSA) is 69.6 Å². The largest absolute Gasteiger partial charge is 0.329 e. The second-order valence-corrected chi connectivity index (χ2v) is 2.99. The molecule has 0 bridgehead atoms. The third-order valence-electron chi connectivity index (χ3n) is 2.09. The highest BCUT2D eigenvalue weighted by Gasteiger charge is 2.01. The van der Waals surface area contributed by atoms with Gasteiger partial charge in [0.2, 0.25) is 0 Å². The van der Waals surface area contributed by atoms with E-state index < -0.39 is 0 Å². The van der Waals surface area contributed by atoms with Gasteiger partial charge >= 0.3 is 0 Å². The van der Waals surface area contributed by atoms with Gasteiger partial charge in [0.1, 0.15) is 0 Å². The molecule has 2 aromatic rings. The van der Waals surface area contributed by atoms with Gasteiger partial charge in [-0.05, 0) is 18.2 Å². The number of anilines is 1. The number of H-pyrrole nitrogens is 1. The first-order valence-corrected chi connectivity index (χ1v) is 4.48. The Morgan fingerprint density at radius 2 is 2.13 bits per heavy atom. The molecule has 1 aromatic heterocycles. The Morgan fingerprint density at radius 3 is 2.93 bits per heavy atom. The van der Waals surface area contributed by atoms with Crippen molar-refractivity contribution >= 4 is 16.5 Å². The molecule has 0 saturated heterocycles. The molecule has 0 aliphatic heterocycles. The molecule has 0 radical (unpaired) electrons. The molecule has 0 unspecified atom stereocenters. The number of nitrogens with one attached hydrogen (secondary N) is 2. The van der Waals surface area contributed by atoms with Gasteiger partial charge in [-0.2, -0.15) is 5.11 Å². The summed E-state index contributed by atoms with van der Waals surface area (Å²) in [6.07, 6.45) is 1.61. The van der Waals surface area contributed by atoms with Crippen molar-refractivity contribution in [2.24, 2.45) is 10.3 Å². The minimum atomic E-state index is -0.107. The first-order valence-electron chi connectivity index (χ1n) is 4.48. The fraction of sp³-hybridized carbons (Fsp3) is 0.100. The summed E-state index contributed by atoms with van der Waals surface area (Å²) in [4.78, 5) is 14.1. The van der Waals surface area contributed by atoms with E-state index in [1.54, 1.807) is 25.4 Å². The maximum atomic E-state index is 11.5. The average Bonchev–Trinajstić information content (AvgIpc) is 2.27. The molecule has 0 fully saturated rings. The summed E-state index contributed by atoms with van der Waals surface area (Å²) in [6, 6.07) is 7.23. The van der Waals surface area contributed by atoms with Gasteiger partial charge in [0, 0.05) is 17.0 Å². The van der Waals surface area contributed by atoms with Crippen LogP contribution in [0.1, 0.15) is 0 Å². The van der Waals surface area contributed by atoms with Gasteiger partial charge in [-0.15, -0.1) is 0 Å². The summed E-state index contributed by atoms with van der Waals surface area (Å²) in [5, 5.41) is 8.73. The van der Waals surface area contributed by atoms with Gasteiger partial charge in [0.05, 0.1) is 12.7 Å². The number of fused-ring (bicyclic) bond motifs is 1. The van der Waals surface area contributed by atoms with Gasteiger partial charge in [-0.1, -0.05) is 11.3 Å². The van der Waals surface area contributed by atoms with Gasteiger partial charge < -0.3 is 4.98 Å². The summed E-state index contributed by atoms with van der Waals surface area (Å²) in [6.45, 7) is 0. The zero-order valence-electron chi connectivity index (χ0n) is 8.19. The van der Waals surface area contributed by atoms with Crippen molar-refractivity contribution in [3.63, 3.8) is 0 Å². The molecule has 2 N–H and O–H groups in total. The standard InChI is InChI=1S/C10H10N4O/c1-11-14-13-9-4-2-3-8-7(9)5-6-12-10(8)15/h2-6H,1H3,(H,11,13)(H,12,15). The van der Waals surface area contributed by atoms with Crippen molar-refractivity contribution in [2.75, 3.05) is 12.5 Å². The quantitative estimate of drug-likeness (QED) is 0.577. The zero-order chi connectivity index (χ0) is 10.7. The van der Waals surface area contributed by atoms with Crippen molar-refractivity contribution in [2.45, 2.75) is 0 Å². The van der Waals surface area contributed by atoms with E-state index in [9.17, 15) is 4.79 Å². The Morgan fingerprint density at radius 1 is 1.27 bits per heavy atom. The number of pyridine rings is 1. The molecular formula is C10H10N4O. The first kappa shape index (κ1) is 9.39. The molecule has 0 spiro atoms. The predicted octanol–water partition coefficient (Wildman–Crippen LogP) is 1.94. The summed E-state index contributed by atoms with van der Waals surface area (Å²) < 4.78 is 0. The highest BCUT2D eigenvalue weighted by Crippen LogP contribution is 2.19. The van der Waals surface area contributed by atoms with Crippen LogP contribution in [0.5, 0.6) is 0 Å². The van der Waals surface area contributed by atoms with Gasteiger partial charge in [0.15, 0.2) is 0 Å². The second-order valence-electron chi connectivity index (χ2n) is 2.99. The van der Waals surface area contributed by atoms with Crippen molar-refractivity contribution in [1.82, 2.24) is 4.98 Å². The summed E-state index contributed by atoms with van der Waals surface area (Å²) in [5.74, 6) is 0. The molecule has 5 heteroatoms. The van der Waals surface area contributed by atoms with Gasteiger partial charge in [-0.3, -0.25) is 10.2 Å². The van der Waals surface area contributed by atoms with Crippen LogP contribution in [0.2, 0.25) is 0 Å². The maximum absolute atomic E-state index is 11.5. The maximum Gasteiger partial charge on any atom is 0.255 e. The predicted molar refractivity (Wildman–Crippen MR) is 59.0 cm³/mol. The third kappa shape index (κ3) is 1.71. The third-order valence-corrected chi connectivity index (χ3v) is 2.09. The van der Waals surface area contributed by atoms with E-state index in [1.807, 2.05) is 12.1 Å². The lowest BCUT2D eigenvalue weighted by Crippen LogP contribution is -2.04. The SMILES string of the molecule is CN=NNc1cccc2c(=O)[nH]ccc12. The molecule has 0 aliphatic rings. The van der Waals surface area contributed by atoms with Crippen LogP contribution in [0.25, 0.3) is 10.8 Å². The van der Waals surface area contributed by atoms with E-state index >= 15 is 0 Å². The molecular weight excluding hydrogens is 192 g/mol. The molecule has 0 aliphatic carbocycles. The second kappa shape index (κ2) is 3.91. The van der Waals surface area contributed by atoms with E-state index in [0.717, 1.165) is 11.1 Å². The minimum absolute atomic E-state index is 0.107. The van der Waals surface area contributed by atoms with Crippen LogP contribution < -0.4 is 11.0 Å². The number of aromatic nitrogens is 1. The highest BCUT2D eigenvalue weighted by molar-refractivity contribution is 5.92. The normalized spacial score (nSPS) is 11.0. The van der Waals surface area contributed by atoms with E-state index in [-0.39, 0.29) is 5.56 Å². The summed E-state index contributed by atoms with van der Waals surface area (Å²) in [5.41, 5.74) is 3.43. The van der Waals surface area contributed by atoms with Crippen molar-refractivity contribution in [1.29, 1.82) is 0 Å². The smallest absolute Gasteiger partial charge is 0.255 e. The average molecular weight is 202 g/mol. The van der Waals surface area contributed by atoms with Crippen molar-refractivity contribution in [3.05, 3.63) is 40.8 Å². The lowest BCUT2D eigenvalue weighted by molar-refractivity contribution is 1.09. The van der Waals surface area contributed by atoms with E-state index in [4.69, 9.17) is 0 Å². The van der Waals surface area contributed by atoms with Crippen molar-refractivity contribution in [3.8, 4) is 0 Å². The van der Waals surface area contributed by atoms with Gasteiger partial charge in [0.25, 0.3) is 5.56 Å². The number of aromatic amines is 1. The molecule has 0 saturated carbocycles. The summed E-state index contributed by atoms with van der Waals surface area (Å²) >= 11 is 0. The van der Waals surface area contributed by atoms with Crippen LogP contribution in [0.4, 0.5) is 5.69 Å². The van der Waals surface area contributed by atoms with Crippen LogP contribution in [0.15, 0.2) is 45.6 Å². The number of benzene rings is 1. The summed E-state index contributed by atoms with van der Waals surface area (Å²) in [7, 11) is 1.57. The van der Waals surface area contributed by atoms with E-state index in [2.05, 4.69) is 20.7 Å². The Hall–Kier alpha value is -2.17. The Bertz CT molecular complexity index is 559. The van der Waals surface area contributed by atoms with Crippen LogP contribution in [0, 0.1) is 0 Å². The molecule has 0 atom stereocenters. The number of nitrogens with zero attached hydrogens (tertiary/aromatic N) is 2. The lowest BCUT2D eigenvalue weighted by Gasteiger charge is -2.03. The molecule has 1 heterocycles. The number of rotatable bonds is 2. The van der Waals surface area contributed by atoms with E-state index in [0.29, 0.717) is 5.39 Å². The molecule has 2 rings (SSSR count). The van der Waals surface area contributed by atoms with Crippen LogP contribution in [-0.2, 0) is 0 Å². The zero-order valence-corrected chi connectivity index (χ0v) is 8.19. The Balaban J connectivity index is 2.66. The Kier molecular flexibility index (Phi) is 2.45. The van der Waals surface area contributed by atoms with Crippen LogP contribution in [-0.4, -0.2) is 12.0 Å². The van der Waals surface area contributed by atoms with Gasteiger partial charge in [-0.25, -0.2) is 0 Å². The van der Waals surface area contributed by atoms with Crippen LogP contribution >= 0.6 is 0 Å². The first-order chi connectivity index (χ1) is 7.33. The highest BCUT2D eigenvalue weighted by atomic mass is 16.1. The monoisotopic (exact) mass is 202 g/mol. The molecule has 1 aromatic carbocycles. The number of hydrogen-bond acceptors (Lipinski definition) is 3. The minimum Gasteiger partial charge on any atom is -0.329 e. The Labute approximate surface area is 85.8 Å². The van der Waals surface area contributed by atoms with Crippen LogP contribution in [0.3, 0.4) is 0 Å². The van der Waals surface area contributed by atoms with E-state index in [1.165, 1.54) is 0 Å². The van der Waals surface area contributed by atoms with Crippen molar-refractivity contribution < 1.29 is 0 Å². The molecule has 5 nitrogen and oxygen atoms in total. The molecule has 76 valence electrons.